The summed E-state index contributed by atoms with van der Waals surface area (Å²) in [7, 11) is 0. The molecule has 0 saturated carbocycles. The van der Waals surface area contributed by atoms with Gasteiger partial charge in [0.15, 0.2) is 6.29 Å². The van der Waals surface area contributed by atoms with E-state index >= 15 is 0 Å². The van der Waals surface area contributed by atoms with Gasteiger partial charge in [0, 0.05) is 11.6 Å². The number of hydrogen-bond acceptors (Lipinski definition) is 2. The van der Waals surface area contributed by atoms with Crippen LogP contribution in [-0.4, -0.2) is 11.3 Å². The van der Waals surface area contributed by atoms with Gasteiger partial charge in [-0.05, 0) is 6.92 Å². The monoisotopic (exact) mass is 189 g/mol. The van der Waals surface area contributed by atoms with Gasteiger partial charge in [0.1, 0.15) is 17.2 Å². The Labute approximate surface area is 72.4 Å². The maximum atomic E-state index is 12.9. The lowest BCUT2D eigenvalue weighted by Gasteiger charge is -2.04. The standard InChI is InChI=1S/C8H6F3NO/c1-4-6(9)2-5(3-13)12-7(4)8(10)11/h2-3,8H,1H3. The van der Waals surface area contributed by atoms with Crippen molar-refractivity contribution in [1.29, 1.82) is 0 Å². The van der Waals surface area contributed by atoms with Crippen LogP contribution in [-0.2, 0) is 0 Å². The zero-order valence-electron chi connectivity index (χ0n) is 6.72. The van der Waals surface area contributed by atoms with Gasteiger partial charge in [-0.1, -0.05) is 0 Å². The largest absolute Gasteiger partial charge is 0.296 e. The van der Waals surface area contributed by atoms with Crippen LogP contribution >= 0.6 is 0 Å². The summed E-state index contributed by atoms with van der Waals surface area (Å²) in [4.78, 5) is 13.5. The van der Waals surface area contributed by atoms with E-state index in [1.807, 2.05) is 0 Å². The highest BCUT2D eigenvalue weighted by atomic mass is 19.3. The van der Waals surface area contributed by atoms with Crippen LogP contribution in [0.1, 0.15) is 28.2 Å². The first kappa shape index (κ1) is 9.70. The molecule has 1 aromatic heterocycles. The van der Waals surface area contributed by atoms with Gasteiger partial charge >= 0.3 is 0 Å². The van der Waals surface area contributed by atoms with E-state index < -0.39 is 17.9 Å². The molecule has 0 aliphatic carbocycles. The minimum absolute atomic E-state index is 0.222. The van der Waals surface area contributed by atoms with E-state index in [-0.39, 0.29) is 17.5 Å². The number of rotatable bonds is 2. The van der Waals surface area contributed by atoms with Crippen LogP contribution in [0.3, 0.4) is 0 Å². The summed E-state index contributed by atoms with van der Waals surface area (Å²) >= 11 is 0. The second-order valence-corrected chi connectivity index (χ2v) is 2.46. The van der Waals surface area contributed by atoms with Gasteiger partial charge in [-0.15, -0.1) is 0 Å². The number of carbonyl (C=O) groups excluding carboxylic acids is 1. The molecule has 0 radical (unpaired) electrons. The fourth-order valence-electron chi connectivity index (χ4n) is 0.888. The Balaban J connectivity index is 3.32. The van der Waals surface area contributed by atoms with Crippen molar-refractivity contribution in [2.24, 2.45) is 0 Å². The normalized spacial score (nSPS) is 10.5. The van der Waals surface area contributed by atoms with Gasteiger partial charge in [-0.25, -0.2) is 18.2 Å². The van der Waals surface area contributed by atoms with Crippen LogP contribution in [0.4, 0.5) is 13.2 Å². The Bertz CT molecular complexity index is 338. The van der Waals surface area contributed by atoms with Crippen molar-refractivity contribution in [3.63, 3.8) is 0 Å². The molecule has 70 valence electrons. The fraction of sp³-hybridized carbons (Fsp3) is 0.250. The highest BCUT2D eigenvalue weighted by Crippen LogP contribution is 2.22. The maximum Gasteiger partial charge on any atom is 0.280 e. The second-order valence-electron chi connectivity index (χ2n) is 2.46. The predicted octanol–water partition coefficient (Wildman–Crippen LogP) is 2.28. The third kappa shape index (κ3) is 1.85. The van der Waals surface area contributed by atoms with Crippen LogP contribution in [0.25, 0.3) is 0 Å². The number of aromatic nitrogens is 1. The molecule has 0 fully saturated rings. The summed E-state index contributed by atoms with van der Waals surface area (Å²) in [6.07, 6.45) is -2.64. The van der Waals surface area contributed by atoms with E-state index in [0.29, 0.717) is 0 Å². The Morgan fingerprint density at radius 3 is 2.62 bits per heavy atom. The zero-order valence-corrected chi connectivity index (χ0v) is 6.72. The van der Waals surface area contributed by atoms with Crippen LogP contribution < -0.4 is 0 Å². The fourth-order valence-corrected chi connectivity index (χ4v) is 0.888. The molecule has 5 heteroatoms. The molecule has 0 spiro atoms. The minimum atomic E-state index is -2.87. The number of hydrogen-bond donors (Lipinski definition) is 0. The van der Waals surface area contributed by atoms with Crippen molar-refractivity contribution >= 4 is 6.29 Å². The quantitative estimate of drug-likeness (QED) is 0.668. The first-order valence-corrected chi connectivity index (χ1v) is 3.46. The Kier molecular flexibility index (Phi) is 2.65. The van der Waals surface area contributed by atoms with Crippen molar-refractivity contribution < 1.29 is 18.0 Å². The van der Waals surface area contributed by atoms with Crippen LogP contribution in [0.2, 0.25) is 0 Å². The minimum Gasteiger partial charge on any atom is -0.296 e. The molecule has 13 heavy (non-hydrogen) atoms. The molecule has 1 rings (SSSR count). The highest BCUT2D eigenvalue weighted by molar-refractivity contribution is 5.71. The van der Waals surface area contributed by atoms with Gasteiger partial charge in [-0.2, -0.15) is 0 Å². The van der Waals surface area contributed by atoms with Gasteiger partial charge < -0.3 is 0 Å². The smallest absolute Gasteiger partial charge is 0.280 e. The van der Waals surface area contributed by atoms with E-state index in [0.717, 1.165) is 6.07 Å². The Hall–Kier alpha value is -1.39. The third-order valence-electron chi connectivity index (χ3n) is 1.59. The summed E-state index contributed by atoms with van der Waals surface area (Å²) in [5.41, 5.74) is -1.22. The molecule has 0 amide bonds. The molecule has 0 aliphatic heterocycles. The molecule has 2 nitrogen and oxygen atoms in total. The molecular weight excluding hydrogens is 183 g/mol. The number of alkyl halides is 2. The van der Waals surface area contributed by atoms with Crippen molar-refractivity contribution in [1.82, 2.24) is 4.98 Å². The molecule has 0 aromatic carbocycles. The number of aldehydes is 1. The van der Waals surface area contributed by atoms with Crippen molar-refractivity contribution in [2.75, 3.05) is 0 Å². The molecule has 1 aromatic rings. The second kappa shape index (κ2) is 3.55. The van der Waals surface area contributed by atoms with E-state index in [1.165, 1.54) is 6.92 Å². The molecule has 0 aliphatic rings. The van der Waals surface area contributed by atoms with E-state index in [4.69, 9.17) is 0 Å². The number of nitrogens with zero attached hydrogens (tertiary/aromatic N) is 1. The number of carbonyl (C=O) groups is 1. The predicted molar refractivity (Wildman–Crippen MR) is 39.3 cm³/mol. The Morgan fingerprint density at radius 1 is 1.54 bits per heavy atom. The molecule has 0 saturated heterocycles. The summed E-state index contributed by atoms with van der Waals surface area (Å²) in [6.45, 7) is 1.19. The molecule has 0 atom stereocenters. The summed E-state index contributed by atoms with van der Waals surface area (Å²) in [6, 6.07) is 0.828. The average Bonchev–Trinajstić information content (AvgIpc) is 2.09. The first-order chi connectivity index (χ1) is 6.06. The first-order valence-electron chi connectivity index (χ1n) is 3.46. The lowest BCUT2D eigenvalue weighted by Crippen LogP contribution is -2.01. The van der Waals surface area contributed by atoms with Gasteiger partial charge in [0.05, 0.1) is 0 Å². The molecule has 0 unspecified atom stereocenters. The van der Waals surface area contributed by atoms with Crippen LogP contribution in [0.15, 0.2) is 6.07 Å². The summed E-state index contributed by atoms with van der Waals surface area (Å²) in [5.74, 6) is -0.840. The van der Waals surface area contributed by atoms with Crippen molar-refractivity contribution in [2.45, 2.75) is 13.3 Å². The van der Waals surface area contributed by atoms with Crippen molar-refractivity contribution in [3.05, 3.63) is 28.8 Å². The van der Waals surface area contributed by atoms with Crippen LogP contribution in [0.5, 0.6) is 0 Å². The molecular formula is C8H6F3NO. The topological polar surface area (TPSA) is 30.0 Å². The lowest BCUT2D eigenvalue weighted by atomic mass is 10.2. The third-order valence-corrected chi connectivity index (χ3v) is 1.59. The van der Waals surface area contributed by atoms with Gasteiger partial charge in [0.2, 0.25) is 0 Å². The Morgan fingerprint density at radius 2 is 2.15 bits per heavy atom. The van der Waals surface area contributed by atoms with E-state index in [1.54, 1.807) is 0 Å². The average molecular weight is 189 g/mol. The number of halogens is 3. The SMILES string of the molecule is Cc1c(F)cc(C=O)nc1C(F)F. The zero-order chi connectivity index (χ0) is 10.0. The molecule has 1 heterocycles. The van der Waals surface area contributed by atoms with Gasteiger partial charge in [0.25, 0.3) is 6.43 Å². The maximum absolute atomic E-state index is 12.9. The number of pyridine rings is 1. The lowest BCUT2D eigenvalue weighted by molar-refractivity contribution is 0.111. The van der Waals surface area contributed by atoms with Gasteiger partial charge in [-0.3, -0.25) is 4.79 Å². The highest BCUT2D eigenvalue weighted by Gasteiger charge is 2.16. The summed E-state index contributed by atoms with van der Waals surface area (Å²) < 4.78 is 37.2. The van der Waals surface area contributed by atoms with E-state index in [2.05, 4.69) is 4.98 Å². The van der Waals surface area contributed by atoms with Crippen LogP contribution in [0, 0.1) is 12.7 Å². The van der Waals surface area contributed by atoms with E-state index in [9.17, 15) is 18.0 Å². The van der Waals surface area contributed by atoms with Crippen molar-refractivity contribution in [3.8, 4) is 0 Å². The summed E-state index contributed by atoms with van der Waals surface area (Å²) in [5, 5.41) is 0. The molecule has 0 N–H and O–H groups in total. The molecule has 0 bridgehead atoms.